The molecule has 0 fully saturated rings. The average molecular weight is 176 g/mol. The molecule has 0 atom stereocenters. The fraction of sp³-hybridized carbons (Fsp3) is 0.125. The van der Waals surface area contributed by atoms with Crippen LogP contribution in [-0.4, -0.2) is 16.7 Å². The summed E-state index contributed by atoms with van der Waals surface area (Å²) in [6, 6.07) is 3.50. The van der Waals surface area contributed by atoms with E-state index in [1.54, 1.807) is 24.5 Å². The van der Waals surface area contributed by atoms with E-state index >= 15 is 0 Å². The molecule has 1 amide bonds. The normalized spacial score (nSPS) is 16.2. The second kappa shape index (κ2) is 2.85. The minimum Gasteiger partial charge on any atom is -0.385 e. The maximum atomic E-state index is 11.3. The van der Waals surface area contributed by atoms with Crippen LogP contribution in [0.1, 0.15) is 6.42 Å². The van der Waals surface area contributed by atoms with E-state index in [9.17, 15) is 4.79 Å². The lowest BCUT2D eigenvalue weighted by Crippen LogP contribution is -2.19. The van der Waals surface area contributed by atoms with Crippen molar-refractivity contribution in [3.05, 3.63) is 24.5 Å². The highest BCUT2D eigenvalue weighted by Gasteiger charge is 2.23. The second-order valence-electron chi connectivity index (χ2n) is 2.68. The van der Waals surface area contributed by atoms with Crippen LogP contribution in [0.5, 0.6) is 0 Å². The fourth-order valence-electron chi connectivity index (χ4n) is 1.13. The van der Waals surface area contributed by atoms with E-state index in [0.29, 0.717) is 11.5 Å². The lowest BCUT2D eigenvalue weighted by molar-refractivity contribution is -0.116. The molecular weight excluding hydrogens is 168 g/mol. The first-order valence-corrected chi connectivity index (χ1v) is 3.83. The van der Waals surface area contributed by atoms with Gasteiger partial charge in [-0.25, -0.2) is 0 Å². The number of hydrazone groups is 1. The number of nitrogens with zero attached hydrogens (tertiary/aromatic N) is 3. The summed E-state index contributed by atoms with van der Waals surface area (Å²) in [5.41, 5.74) is 6.07. The largest absolute Gasteiger partial charge is 0.385 e. The number of carbonyl (C=O) groups excluding carboxylic acids is 1. The van der Waals surface area contributed by atoms with Crippen molar-refractivity contribution >= 4 is 17.4 Å². The van der Waals surface area contributed by atoms with Gasteiger partial charge in [0.1, 0.15) is 5.84 Å². The third-order valence-corrected chi connectivity index (χ3v) is 1.69. The number of rotatable bonds is 1. The SMILES string of the molecule is NC1=NN(c2cccnc2)C(=O)C1. The molecule has 1 aliphatic heterocycles. The Morgan fingerprint density at radius 3 is 2.92 bits per heavy atom. The van der Waals surface area contributed by atoms with Gasteiger partial charge in [0.25, 0.3) is 5.91 Å². The molecule has 2 heterocycles. The lowest BCUT2D eigenvalue weighted by atomic mass is 10.3. The summed E-state index contributed by atoms with van der Waals surface area (Å²) in [6.07, 6.45) is 3.39. The number of pyridine rings is 1. The molecule has 0 saturated carbocycles. The predicted molar refractivity (Wildman–Crippen MR) is 48.0 cm³/mol. The van der Waals surface area contributed by atoms with Gasteiger partial charge in [0.05, 0.1) is 18.3 Å². The van der Waals surface area contributed by atoms with Crippen molar-refractivity contribution in [1.82, 2.24) is 4.98 Å². The van der Waals surface area contributed by atoms with Gasteiger partial charge in [-0.1, -0.05) is 0 Å². The number of nitrogens with two attached hydrogens (primary N) is 1. The Hall–Kier alpha value is -1.91. The molecule has 2 rings (SSSR count). The summed E-state index contributed by atoms with van der Waals surface area (Å²) in [5.74, 6) is 0.222. The van der Waals surface area contributed by atoms with Gasteiger partial charge in [0.15, 0.2) is 0 Å². The zero-order valence-electron chi connectivity index (χ0n) is 6.84. The monoisotopic (exact) mass is 176 g/mol. The van der Waals surface area contributed by atoms with Gasteiger partial charge in [0, 0.05) is 6.20 Å². The Bertz CT molecular complexity index is 360. The van der Waals surface area contributed by atoms with Gasteiger partial charge in [-0.3, -0.25) is 9.78 Å². The van der Waals surface area contributed by atoms with E-state index in [1.165, 1.54) is 5.01 Å². The molecule has 0 bridgehead atoms. The van der Waals surface area contributed by atoms with Crippen LogP contribution in [0, 0.1) is 0 Å². The van der Waals surface area contributed by atoms with Crippen molar-refractivity contribution in [3.8, 4) is 0 Å². The first kappa shape index (κ1) is 7.72. The number of amidine groups is 1. The number of hydrogen-bond donors (Lipinski definition) is 1. The van der Waals surface area contributed by atoms with E-state index in [-0.39, 0.29) is 12.3 Å². The van der Waals surface area contributed by atoms with Crippen LogP contribution in [0.2, 0.25) is 0 Å². The van der Waals surface area contributed by atoms with Crippen LogP contribution < -0.4 is 10.7 Å². The van der Waals surface area contributed by atoms with Crippen LogP contribution in [0.4, 0.5) is 5.69 Å². The highest BCUT2D eigenvalue weighted by Crippen LogP contribution is 2.17. The van der Waals surface area contributed by atoms with Crippen molar-refractivity contribution in [1.29, 1.82) is 0 Å². The molecule has 5 nitrogen and oxygen atoms in total. The van der Waals surface area contributed by atoms with Crippen LogP contribution in [0.15, 0.2) is 29.6 Å². The molecule has 0 unspecified atom stereocenters. The highest BCUT2D eigenvalue weighted by molar-refractivity contribution is 6.11. The third-order valence-electron chi connectivity index (χ3n) is 1.69. The summed E-state index contributed by atoms with van der Waals surface area (Å²) < 4.78 is 0. The van der Waals surface area contributed by atoms with Gasteiger partial charge < -0.3 is 5.73 Å². The molecule has 1 aromatic heterocycles. The quantitative estimate of drug-likeness (QED) is 0.659. The van der Waals surface area contributed by atoms with Crippen molar-refractivity contribution in [2.75, 3.05) is 5.01 Å². The van der Waals surface area contributed by atoms with Crippen LogP contribution in [0.3, 0.4) is 0 Å². The van der Waals surface area contributed by atoms with Crippen molar-refractivity contribution in [3.63, 3.8) is 0 Å². The minimum atomic E-state index is -0.120. The smallest absolute Gasteiger partial charge is 0.255 e. The Morgan fingerprint density at radius 2 is 2.38 bits per heavy atom. The van der Waals surface area contributed by atoms with Crippen molar-refractivity contribution in [2.45, 2.75) is 6.42 Å². The zero-order valence-corrected chi connectivity index (χ0v) is 6.84. The topological polar surface area (TPSA) is 71.6 Å². The van der Waals surface area contributed by atoms with E-state index in [0.717, 1.165) is 0 Å². The first-order chi connectivity index (χ1) is 6.27. The number of amides is 1. The van der Waals surface area contributed by atoms with Crippen molar-refractivity contribution in [2.24, 2.45) is 10.8 Å². The average Bonchev–Trinajstić information content (AvgIpc) is 2.47. The Labute approximate surface area is 74.9 Å². The summed E-state index contributed by atoms with van der Waals surface area (Å²) in [6.45, 7) is 0. The minimum absolute atomic E-state index is 0.120. The Morgan fingerprint density at radius 1 is 1.54 bits per heavy atom. The number of anilines is 1. The molecule has 0 aromatic carbocycles. The molecule has 5 heteroatoms. The number of carbonyl (C=O) groups is 1. The molecular formula is C8H8N4O. The zero-order chi connectivity index (χ0) is 9.26. The maximum Gasteiger partial charge on any atom is 0.255 e. The van der Waals surface area contributed by atoms with Gasteiger partial charge in [-0.2, -0.15) is 10.1 Å². The molecule has 2 N–H and O–H groups in total. The Balaban J connectivity index is 2.33. The van der Waals surface area contributed by atoms with Crippen molar-refractivity contribution < 1.29 is 4.79 Å². The third kappa shape index (κ3) is 1.35. The van der Waals surface area contributed by atoms with Gasteiger partial charge in [-0.15, -0.1) is 0 Å². The summed E-state index contributed by atoms with van der Waals surface area (Å²) in [5, 5.41) is 5.14. The molecule has 0 radical (unpaired) electrons. The highest BCUT2D eigenvalue weighted by atomic mass is 16.2. The first-order valence-electron chi connectivity index (χ1n) is 3.83. The van der Waals surface area contributed by atoms with Crippen LogP contribution in [-0.2, 0) is 4.79 Å². The fourth-order valence-corrected chi connectivity index (χ4v) is 1.13. The van der Waals surface area contributed by atoms with E-state index in [1.807, 2.05) is 0 Å². The van der Waals surface area contributed by atoms with E-state index in [2.05, 4.69) is 10.1 Å². The van der Waals surface area contributed by atoms with E-state index in [4.69, 9.17) is 5.73 Å². The summed E-state index contributed by atoms with van der Waals surface area (Å²) in [4.78, 5) is 15.2. The molecule has 0 spiro atoms. The van der Waals surface area contributed by atoms with Gasteiger partial charge >= 0.3 is 0 Å². The van der Waals surface area contributed by atoms with Gasteiger partial charge in [0.2, 0.25) is 0 Å². The summed E-state index contributed by atoms with van der Waals surface area (Å²) >= 11 is 0. The maximum absolute atomic E-state index is 11.3. The molecule has 0 saturated heterocycles. The standard InChI is InChI=1S/C8H8N4O/c9-7-4-8(13)12(11-7)6-2-1-3-10-5-6/h1-3,5H,4H2,(H2,9,11). The van der Waals surface area contributed by atoms with Gasteiger partial charge in [-0.05, 0) is 12.1 Å². The molecule has 66 valence electrons. The molecule has 1 aliphatic rings. The van der Waals surface area contributed by atoms with E-state index < -0.39 is 0 Å². The lowest BCUT2D eigenvalue weighted by Gasteiger charge is -2.09. The molecule has 0 aliphatic carbocycles. The van der Waals surface area contributed by atoms with Crippen LogP contribution in [0.25, 0.3) is 0 Å². The second-order valence-corrected chi connectivity index (χ2v) is 2.68. The number of aromatic nitrogens is 1. The summed E-state index contributed by atoms with van der Waals surface area (Å²) in [7, 11) is 0. The number of hydrogen-bond acceptors (Lipinski definition) is 4. The Kier molecular flexibility index (Phi) is 1.70. The molecule has 13 heavy (non-hydrogen) atoms. The van der Waals surface area contributed by atoms with Crippen LogP contribution >= 0.6 is 0 Å². The predicted octanol–water partition coefficient (Wildman–Crippen LogP) is 0.0905. The molecule has 1 aromatic rings.